The second-order valence-corrected chi connectivity index (χ2v) is 10.3. The molecular weight excluding hydrogens is 459 g/mol. The molecule has 176 valence electrons. The highest BCUT2D eigenvalue weighted by atomic mass is 35.5. The van der Waals surface area contributed by atoms with Gasteiger partial charge in [-0.05, 0) is 69.9 Å². The van der Waals surface area contributed by atoms with Gasteiger partial charge in [0.2, 0.25) is 5.95 Å². The second kappa shape index (κ2) is 9.82. The number of para-hydroxylation sites is 2. The largest absolute Gasteiger partial charge is 0.444 e. The molecule has 2 aromatic carbocycles. The Labute approximate surface area is 204 Å². The molecule has 1 fully saturated rings. The van der Waals surface area contributed by atoms with Gasteiger partial charge in [0.05, 0.1) is 33.7 Å². The van der Waals surface area contributed by atoms with E-state index in [1.54, 1.807) is 0 Å². The van der Waals surface area contributed by atoms with E-state index < -0.39 is 5.60 Å². The van der Waals surface area contributed by atoms with Gasteiger partial charge in [0.1, 0.15) is 5.60 Å². The van der Waals surface area contributed by atoms with Crippen LogP contribution in [-0.2, 0) is 11.3 Å². The molecule has 0 spiro atoms. The number of carbonyl (C=O) groups excluding carboxylic acids is 1. The lowest BCUT2D eigenvalue weighted by Crippen LogP contribution is -2.49. The van der Waals surface area contributed by atoms with Gasteiger partial charge in [-0.1, -0.05) is 41.4 Å². The van der Waals surface area contributed by atoms with Gasteiger partial charge in [-0.3, -0.25) is 0 Å². The molecule has 4 rings (SSSR count). The van der Waals surface area contributed by atoms with E-state index in [1.165, 1.54) is 0 Å². The summed E-state index contributed by atoms with van der Waals surface area (Å²) in [6.07, 6.45) is 2.76. The van der Waals surface area contributed by atoms with Gasteiger partial charge in [-0.25, -0.2) is 9.78 Å². The lowest BCUT2D eigenvalue weighted by molar-refractivity contribution is 0.0114. The van der Waals surface area contributed by atoms with Crippen molar-refractivity contribution in [3.63, 3.8) is 0 Å². The van der Waals surface area contributed by atoms with Crippen molar-refractivity contribution in [2.45, 2.75) is 58.2 Å². The number of anilines is 1. The highest BCUT2D eigenvalue weighted by molar-refractivity contribution is 6.42. The summed E-state index contributed by atoms with van der Waals surface area (Å²) in [5.41, 5.74) is 2.45. The Kier molecular flexibility index (Phi) is 7.05. The average molecular weight is 489 g/mol. The molecule has 2 heterocycles. The molecule has 1 aliphatic rings. The molecule has 0 unspecified atom stereocenters. The summed E-state index contributed by atoms with van der Waals surface area (Å²) in [5.74, 6) is 0.761. The Balaban J connectivity index is 1.56. The van der Waals surface area contributed by atoms with Crippen LogP contribution in [0.4, 0.5) is 10.7 Å². The van der Waals surface area contributed by atoms with Crippen LogP contribution >= 0.6 is 23.2 Å². The quantitative estimate of drug-likeness (QED) is 0.439. The van der Waals surface area contributed by atoms with Crippen LogP contribution in [0.1, 0.15) is 45.6 Å². The first-order valence-corrected chi connectivity index (χ1v) is 12.1. The van der Waals surface area contributed by atoms with Gasteiger partial charge < -0.3 is 19.5 Å². The third-order valence-electron chi connectivity index (χ3n) is 5.73. The van der Waals surface area contributed by atoms with Gasteiger partial charge >= 0.3 is 6.09 Å². The van der Waals surface area contributed by atoms with Crippen molar-refractivity contribution in [2.75, 3.05) is 18.4 Å². The Morgan fingerprint density at radius 1 is 1.15 bits per heavy atom. The molecule has 6 nitrogen and oxygen atoms in total. The smallest absolute Gasteiger partial charge is 0.410 e. The molecule has 0 bridgehead atoms. The van der Waals surface area contributed by atoms with E-state index in [4.69, 9.17) is 32.9 Å². The predicted molar refractivity (Wildman–Crippen MR) is 134 cm³/mol. The molecule has 8 heteroatoms. The summed E-state index contributed by atoms with van der Waals surface area (Å²) in [7, 11) is 0. The molecule has 33 heavy (non-hydrogen) atoms. The number of halogens is 2. The van der Waals surface area contributed by atoms with Gasteiger partial charge in [0.15, 0.2) is 0 Å². The fourth-order valence-corrected chi connectivity index (χ4v) is 4.49. The number of hydrogen-bond acceptors (Lipinski definition) is 4. The summed E-state index contributed by atoms with van der Waals surface area (Å²) in [6.45, 7) is 7.60. The van der Waals surface area contributed by atoms with Crippen molar-refractivity contribution < 1.29 is 9.53 Å². The normalized spacial score (nSPS) is 16.8. The number of hydrogen-bond donors (Lipinski definition) is 1. The Morgan fingerprint density at radius 3 is 2.70 bits per heavy atom. The lowest BCUT2D eigenvalue weighted by atomic mass is 10.0. The molecule has 1 saturated heterocycles. The minimum absolute atomic E-state index is 0.0480. The number of rotatable bonds is 5. The number of carbonyl (C=O) groups is 1. The molecule has 1 atom stereocenters. The number of aromatic nitrogens is 2. The van der Waals surface area contributed by atoms with Crippen LogP contribution in [0.15, 0.2) is 42.5 Å². The third kappa shape index (κ3) is 5.74. The molecule has 0 radical (unpaired) electrons. The maximum Gasteiger partial charge on any atom is 0.410 e. The van der Waals surface area contributed by atoms with Crippen LogP contribution in [0.5, 0.6) is 0 Å². The molecule has 3 aromatic rings. The number of likely N-dealkylation sites (tertiary alicyclic amines) is 1. The fourth-order valence-electron chi connectivity index (χ4n) is 4.17. The molecule has 0 saturated carbocycles. The molecule has 0 aliphatic carbocycles. The number of ether oxygens (including phenoxy) is 1. The number of nitrogens with one attached hydrogen (secondary N) is 1. The van der Waals surface area contributed by atoms with Gasteiger partial charge in [0.25, 0.3) is 0 Å². The first-order chi connectivity index (χ1) is 15.7. The first kappa shape index (κ1) is 23.7. The van der Waals surface area contributed by atoms with Crippen LogP contribution in [-0.4, -0.2) is 45.3 Å². The Hall–Kier alpha value is -2.44. The van der Waals surface area contributed by atoms with E-state index in [1.807, 2.05) is 62.1 Å². The van der Waals surface area contributed by atoms with Crippen LogP contribution in [0, 0.1) is 0 Å². The first-order valence-electron chi connectivity index (χ1n) is 11.3. The number of piperidine rings is 1. The van der Waals surface area contributed by atoms with Crippen LogP contribution in [0.3, 0.4) is 0 Å². The zero-order valence-corrected chi connectivity index (χ0v) is 20.8. The zero-order valence-electron chi connectivity index (χ0n) is 19.3. The van der Waals surface area contributed by atoms with E-state index in [-0.39, 0.29) is 12.1 Å². The zero-order chi connectivity index (χ0) is 23.6. The van der Waals surface area contributed by atoms with Crippen LogP contribution in [0.25, 0.3) is 11.0 Å². The van der Waals surface area contributed by atoms with E-state index in [2.05, 4.69) is 16.0 Å². The minimum Gasteiger partial charge on any atom is -0.444 e. The van der Waals surface area contributed by atoms with E-state index >= 15 is 0 Å². The van der Waals surface area contributed by atoms with E-state index in [0.717, 1.165) is 41.8 Å². The van der Waals surface area contributed by atoms with Crippen molar-refractivity contribution in [1.82, 2.24) is 14.5 Å². The van der Waals surface area contributed by atoms with Crippen molar-refractivity contribution in [3.8, 4) is 0 Å². The summed E-state index contributed by atoms with van der Waals surface area (Å²) in [4.78, 5) is 19.5. The summed E-state index contributed by atoms with van der Waals surface area (Å²) < 4.78 is 7.78. The molecule has 1 N–H and O–H groups in total. The van der Waals surface area contributed by atoms with Crippen LogP contribution in [0.2, 0.25) is 10.0 Å². The highest BCUT2D eigenvalue weighted by Gasteiger charge is 2.30. The average Bonchev–Trinajstić information content (AvgIpc) is 3.11. The van der Waals surface area contributed by atoms with Crippen molar-refractivity contribution in [3.05, 3.63) is 58.1 Å². The molecule has 1 amide bonds. The summed E-state index contributed by atoms with van der Waals surface area (Å²) >= 11 is 12.3. The highest BCUT2D eigenvalue weighted by Crippen LogP contribution is 2.27. The monoisotopic (exact) mass is 488 g/mol. The van der Waals surface area contributed by atoms with E-state index in [0.29, 0.717) is 29.7 Å². The maximum absolute atomic E-state index is 12.8. The van der Waals surface area contributed by atoms with Crippen molar-refractivity contribution in [1.29, 1.82) is 0 Å². The lowest BCUT2D eigenvalue weighted by Gasteiger charge is -2.36. The standard InChI is InChI=1S/C25H30Cl2N4O2/c1-25(2,3)33-24(32)30-13-7-6-8-18(30)15-28-23-29-21-9-4-5-10-22(21)31(23)16-17-11-12-19(26)20(27)14-17/h4-5,9-12,14,18H,6-8,13,15-16H2,1-3H3,(H,28,29)/t18-/m1/s1. The van der Waals surface area contributed by atoms with Gasteiger partial charge in [-0.15, -0.1) is 0 Å². The number of nitrogens with zero attached hydrogens (tertiary/aromatic N) is 3. The van der Waals surface area contributed by atoms with E-state index in [9.17, 15) is 4.79 Å². The van der Waals surface area contributed by atoms with Crippen LogP contribution < -0.4 is 5.32 Å². The van der Waals surface area contributed by atoms with Gasteiger partial charge in [-0.2, -0.15) is 0 Å². The SMILES string of the molecule is CC(C)(C)OC(=O)N1CCCC[C@@H]1CNc1nc2ccccc2n1Cc1ccc(Cl)c(Cl)c1. The fraction of sp³-hybridized carbons (Fsp3) is 0.440. The number of imidazole rings is 1. The molecular formula is C25H30Cl2N4O2. The third-order valence-corrected chi connectivity index (χ3v) is 6.47. The summed E-state index contributed by atoms with van der Waals surface area (Å²) in [5, 5.41) is 4.58. The van der Waals surface area contributed by atoms with Crippen molar-refractivity contribution >= 4 is 46.3 Å². The van der Waals surface area contributed by atoms with Crippen molar-refractivity contribution in [2.24, 2.45) is 0 Å². The number of benzene rings is 2. The molecule has 1 aliphatic heterocycles. The Morgan fingerprint density at radius 2 is 1.94 bits per heavy atom. The predicted octanol–water partition coefficient (Wildman–Crippen LogP) is 6.59. The number of fused-ring (bicyclic) bond motifs is 1. The topological polar surface area (TPSA) is 59.4 Å². The maximum atomic E-state index is 12.8. The molecule has 1 aromatic heterocycles. The summed E-state index contributed by atoms with van der Waals surface area (Å²) in [6, 6.07) is 13.8. The second-order valence-electron chi connectivity index (χ2n) is 9.46. The van der Waals surface area contributed by atoms with Gasteiger partial charge in [0, 0.05) is 13.1 Å². The minimum atomic E-state index is -0.514. The Bertz CT molecular complexity index is 1140. The number of amides is 1.